The number of alkyl halides is 3. The number of aromatic nitrogens is 2. The molecule has 130 valence electrons. The van der Waals surface area contributed by atoms with Gasteiger partial charge in [-0.05, 0) is 37.1 Å². The number of benzene rings is 1. The van der Waals surface area contributed by atoms with Gasteiger partial charge >= 0.3 is 6.36 Å². The van der Waals surface area contributed by atoms with Crippen LogP contribution in [0.5, 0.6) is 5.75 Å². The number of anilines is 2. The minimum Gasteiger partial charge on any atom is -0.406 e. The van der Waals surface area contributed by atoms with E-state index in [1.54, 1.807) is 11.8 Å². The molecule has 10 heteroatoms. The monoisotopic (exact) mass is 377 g/mol. The molecule has 1 aliphatic heterocycles. The lowest BCUT2D eigenvalue weighted by atomic mass is 10.3. The number of hydrogen-bond donors (Lipinski definition) is 1. The highest BCUT2D eigenvalue weighted by atomic mass is 32.2. The Morgan fingerprint density at radius 3 is 2.75 bits per heavy atom. The van der Waals surface area contributed by atoms with Crippen LogP contribution in [0.3, 0.4) is 0 Å². The highest BCUT2D eigenvalue weighted by Crippen LogP contribution is 2.30. The fraction of sp³-hybridized carbons (Fsp3) is 0.429. The maximum Gasteiger partial charge on any atom is 0.573 e. The molecule has 5 nitrogen and oxygen atoms in total. The van der Waals surface area contributed by atoms with Gasteiger partial charge in [0, 0.05) is 18.0 Å². The third-order valence-corrected chi connectivity index (χ3v) is 5.27. The van der Waals surface area contributed by atoms with Gasteiger partial charge in [-0.15, -0.1) is 23.4 Å². The first-order valence-corrected chi connectivity index (χ1v) is 8.99. The summed E-state index contributed by atoms with van der Waals surface area (Å²) in [6, 6.07) is 5.46. The number of halogens is 3. The number of nitrogens with one attached hydrogen (secondary N) is 1. The molecule has 0 saturated carbocycles. The smallest absolute Gasteiger partial charge is 0.406 e. The molecule has 0 radical (unpaired) electrons. The van der Waals surface area contributed by atoms with Crippen molar-refractivity contribution >= 4 is 33.9 Å². The predicted molar refractivity (Wildman–Crippen MR) is 86.0 cm³/mol. The summed E-state index contributed by atoms with van der Waals surface area (Å²) in [5.74, 6) is 0.580. The van der Waals surface area contributed by atoms with Crippen molar-refractivity contribution in [1.29, 1.82) is 0 Å². The minimum atomic E-state index is -4.69. The van der Waals surface area contributed by atoms with Crippen LogP contribution in [-0.4, -0.2) is 35.0 Å². The molecule has 3 rings (SSSR count). The highest BCUT2D eigenvalue weighted by molar-refractivity contribution is 8.01. The SMILES string of the molecule is FC(F)(F)Oc1ccc(Nc2nnc(SC[C@H]3CCCO3)s2)cc1. The van der Waals surface area contributed by atoms with Gasteiger partial charge in [0.15, 0.2) is 4.34 Å². The van der Waals surface area contributed by atoms with Gasteiger partial charge in [-0.1, -0.05) is 23.1 Å². The van der Waals surface area contributed by atoms with Crippen molar-refractivity contribution in [2.24, 2.45) is 0 Å². The van der Waals surface area contributed by atoms with E-state index in [-0.39, 0.29) is 11.9 Å². The van der Waals surface area contributed by atoms with Gasteiger partial charge in [0.2, 0.25) is 5.13 Å². The Balaban J connectivity index is 1.52. The first-order valence-electron chi connectivity index (χ1n) is 7.19. The fourth-order valence-corrected chi connectivity index (χ4v) is 3.99. The molecule has 1 aromatic carbocycles. The van der Waals surface area contributed by atoms with Gasteiger partial charge in [-0.3, -0.25) is 0 Å². The first kappa shape index (κ1) is 17.3. The van der Waals surface area contributed by atoms with E-state index in [1.807, 2.05) is 0 Å². The van der Waals surface area contributed by atoms with Crippen LogP contribution >= 0.6 is 23.1 Å². The lowest BCUT2D eigenvalue weighted by Gasteiger charge is -2.09. The van der Waals surface area contributed by atoms with E-state index < -0.39 is 6.36 Å². The van der Waals surface area contributed by atoms with Crippen molar-refractivity contribution in [1.82, 2.24) is 10.2 Å². The molecule has 1 atom stereocenters. The Labute approximate surface area is 144 Å². The second-order valence-electron chi connectivity index (χ2n) is 5.02. The molecule has 0 unspecified atom stereocenters. The summed E-state index contributed by atoms with van der Waals surface area (Å²) in [4.78, 5) is 0. The molecule has 0 amide bonds. The molecule has 1 fully saturated rings. The van der Waals surface area contributed by atoms with Crippen molar-refractivity contribution in [3.05, 3.63) is 24.3 Å². The van der Waals surface area contributed by atoms with Gasteiger partial charge < -0.3 is 14.8 Å². The van der Waals surface area contributed by atoms with Crippen molar-refractivity contribution < 1.29 is 22.6 Å². The Bertz CT molecular complexity index is 658. The molecular weight excluding hydrogens is 363 g/mol. The Morgan fingerprint density at radius 1 is 1.29 bits per heavy atom. The summed E-state index contributed by atoms with van der Waals surface area (Å²) in [6.45, 7) is 0.822. The number of rotatable bonds is 6. The van der Waals surface area contributed by atoms with Crippen molar-refractivity contribution in [2.75, 3.05) is 17.7 Å². The maximum absolute atomic E-state index is 12.1. The zero-order valence-electron chi connectivity index (χ0n) is 12.4. The maximum atomic E-state index is 12.1. The van der Waals surface area contributed by atoms with Gasteiger partial charge in [0.05, 0.1) is 6.10 Å². The van der Waals surface area contributed by atoms with Crippen LogP contribution in [0.1, 0.15) is 12.8 Å². The molecule has 0 spiro atoms. The van der Waals surface area contributed by atoms with E-state index >= 15 is 0 Å². The second kappa shape index (κ2) is 7.58. The Kier molecular flexibility index (Phi) is 5.47. The molecule has 0 bridgehead atoms. The third-order valence-electron chi connectivity index (χ3n) is 3.16. The van der Waals surface area contributed by atoms with Crippen LogP contribution in [0.15, 0.2) is 28.6 Å². The van der Waals surface area contributed by atoms with E-state index in [4.69, 9.17) is 4.74 Å². The third kappa shape index (κ3) is 5.25. The van der Waals surface area contributed by atoms with E-state index in [9.17, 15) is 13.2 Å². The largest absolute Gasteiger partial charge is 0.573 e. The average molecular weight is 377 g/mol. The van der Waals surface area contributed by atoms with E-state index in [2.05, 4.69) is 20.3 Å². The van der Waals surface area contributed by atoms with E-state index in [0.29, 0.717) is 10.8 Å². The standard InChI is InChI=1S/C14H14F3N3O2S2/c15-14(16,17)22-10-5-3-9(4-6-10)18-12-19-20-13(24-12)23-8-11-2-1-7-21-11/h3-6,11H,1-2,7-8H2,(H,18,19)/t11-/m1/s1. The quantitative estimate of drug-likeness (QED) is 0.751. The fourth-order valence-electron chi connectivity index (χ4n) is 2.12. The van der Waals surface area contributed by atoms with Crippen LogP contribution in [0.2, 0.25) is 0 Å². The van der Waals surface area contributed by atoms with Crippen molar-refractivity contribution in [3.8, 4) is 5.75 Å². The Hall–Kier alpha value is -1.52. The summed E-state index contributed by atoms with van der Waals surface area (Å²) in [7, 11) is 0. The topological polar surface area (TPSA) is 56.3 Å². The predicted octanol–water partition coefficient (Wildman–Crippen LogP) is 4.45. The molecule has 1 saturated heterocycles. The molecule has 1 aliphatic rings. The van der Waals surface area contributed by atoms with Crippen LogP contribution in [-0.2, 0) is 4.74 Å². The number of hydrogen-bond acceptors (Lipinski definition) is 7. The average Bonchev–Trinajstić information content (AvgIpc) is 3.17. The van der Waals surface area contributed by atoms with Crippen LogP contribution in [0.4, 0.5) is 24.0 Å². The minimum absolute atomic E-state index is 0.266. The molecule has 2 heterocycles. The van der Waals surface area contributed by atoms with Gasteiger partial charge in [0.1, 0.15) is 5.75 Å². The normalized spacial score (nSPS) is 17.9. The van der Waals surface area contributed by atoms with Crippen molar-refractivity contribution in [2.45, 2.75) is 29.6 Å². The molecule has 2 aromatic rings. The highest BCUT2D eigenvalue weighted by Gasteiger charge is 2.30. The van der Waals surface area contributed by atoms with Crippen LogP contribution in [0.25, 0.3) is 0 Å². The number of thioether (sulfide) groups is 1. The lowest BCUT2D eigenvalue weighted by Crippen LogP contribution is -2.16. The van der Waals surface area contributed by atoms with E-state index in [0.717, 1.165) is 29.5 Å². The molecule has 24 heavy (non-hydrogen) atoms. The Morgan fingerprint density at radius 2 is 2.08 bits per heavy atom. The number of nitrogens with zero attached hydrogens (tertiary/aromatic N) is 2. The summed E-state index contributed by atoms with van der Waals surface area (Å²) >= 11 is 2.98. The van der Waals surface area contributed by atoms with Crippen molar-refractivity contribution in [3.63, 3.8) is 0 Å². The number of ether oxygens (including phenoxy) is 2. The molecular formula is C14H14F3N3O2S2. The van der Waals surface area contributed by atoms with E-state index in [1.165, 1.54) is 35.6 Å². The molecule has 1 N–H and O–H groups in total. The first-order chi connectivity index (χ1) is 11.5. The zero-order valence-corrected chi connectivity index (χ0v) is 14.0. The molecule has 0 aliphatic carbocycles. The van der Waals surface area contributed by atoms with Gasteiger partial charge in [-0.2, -0.15) is 0 Å². The summed E-state index contributed by atoms with van der Waals surface area (Å²) in [5, 5.41) is 11.7. The summed E-state index contributed by atoms with van der Waals surface area (Å²) in [6.07, 6.45) is -2.24. The second-order valence-corrected chi connectivity index (χ2v) is 7.26. The summed E-state index contributed by atoms with van der Waals surface area (Å²) < 4.78 is 46.5. The van der Waals surface area contributed by atoms with Crippen LogP contribution in [0, 0.1) is 0 Å². The lowest BCUT2D eigenvalue weighted by molar-refractivity contribution is -0.274. The zero-order chi connectivity index (χ0) is 17.0. The van der Waals surface area contributed by atoms with Crippen LogP contribution < -0.4 is 10.1 Å². The summed E-state index contributed by atoms with van der Waals surface area (Å²) in [5.41, 5.74) is 0.608. The van der Waals surface area contributed by atoms with Gasteiger partial charge in [0.25, 0.3) is 0 Å². The molecule has 1 aromatic heterocycles. The van der Waals surface area contributed by atoms with Gasteiger partial charge in [-0.25, -0.2) is 0 Å².